The third kappa shape index (κ3) is 4.72. The van der Waals surface area contributed by atoms with Crippen molar-refractivity contribution in [2.24, 2.45) is 0 Å². The summed E-state index contributed by atoms with van der Waals surface area (Å²) in [6, 6.07) is 2.80. The van der Waals surface area contributed by atoms with Crippen LogP contribution in [0.15, 0.2) is 21.5 Å². The summed E-state index contributed by atoms with van der Waals surface area (Å²) in [7, 11) is -4.08. The molecule has 0 aliphatic rings. The minimum absolute atomic E-state index is 0.191. The van der Waals surface area contributed by atoms with Gasteiger partial charge in [-0.15, -0.1) is 0 Å². The van der Waals surface area contributed by atoms with Crippen molar-refractivity contribution in [3.05, 3.63) is 27.7 Å². The molecule has 0 heterocycles. The summed E-state index contributed by atoms with van der Waals surface area (Å²) < 4.78 is 62.1. The molecule has 0 saturated heterocycles. The normalized spacial score (nSPS) is 12.7. The van der Waals surface area contributed by atoms with E-state index in [-0.39, 0.29) is 16.0 Å². The first-order chi connectivity index (χ1) is 9.07. The molecule has 0 aromatic heterocycles. The highest BCUT2D eigenvalue weighted by Crippen LogP contribution is 2.27. The van der Waals surface area contributed by atoms with Gasteiger partial charge in [-0.1, -0.05) is 6.07 Å². The van der Waals surface area contributed by atoms with E-state index in [4.69, 9.17) is 5.11 Å². The monoisotopic (exact) mass is 375 g/mol. The number of sulfonamides is 1. The van der Waals surface area contributed by atoms with Gasteiger partial charge in [-0.3, -0.25) is 0 Å². The van der Waals surface area contributed by atoms with Gasteiger partial charge in [-0.05, 0) is 40.0 Å². The number of halogens is 4. The van der Waals surface area contributed by atoms with Crippen molar-refractivity contribution < 1.29 is 26.7 Å². The number of aliphatic hydroxyl groups excluding tert-OH is 1. The summed E-state index contributed by atoms with van der Waals surface area (Å²) in [5.74, 6) is 0. The van der Waals surface area contributed by atoms with Crippen LogP contribution >= 0.6 is 15.9 Å². The third-order valence-electron chi connectivity index (χ3n) is 2.45. The quantitative estimate of drug-likeness (QED) is 0.830. The molecule has 1 aromatic rings. The summed E-state index contributed by atoms with van der Waals surface area (Å²) in [5.41, 5.74) is 0.926. The lowest BCUT2D eigenvalue weighted by Crippen LogP contribution is -2.28. The zero-order valence-electron chi connectivity index (χ0n) is 10.5. The topological polar surface area (TPSA) is 66.4 Å². The van der Waals surface area contributed by atoms with E-state index in [9.17, 15) is 21.6 Å². The Balaban J connectivity index is 3.01. The fourth-order valence-corrected chi connectivity index (χ4v) is 3.60. The predicted octanol–water partition coefficient (Wildman–Crippen LogP) is 2.48. The van der Waals surface area contributed by atoms with Crippen molar-refractivity contribution in [2.45, 2.75) is 31.0 Å². The second-order valence-corrected chi connectivity index (χ2v) is 6.67. The number of benzene rings is 1. The number of rotatable bonds is 5. The predicted molar refractivity (Wildman–Crippen MR) is 70.7 cm³/mol. The van der Waals surface area contributed by atoms with Gasteiger partial charge < -0.3 is 5.11 Å². The fourth-order valence-electron chi connectivity index (χ4n) is 1.50. The summed E-state index contributed by atoms with van der Waals surface area (Å²) in [4.78, 5) is -0.191. The standard InChI is InChI=1S/C11H13BrF3NO3S/c1-7-4-8(6-17)5-9(10(7)12)20(18,19)16-3-2-11(13,14)15/h4-5,16-17H,2-3,6H2,1H3. The van der Waals surface area contributed by atoms with E-state index < -0.39 is 29.2 Å². The highest BCUT2D eigenvalue weighted by molar-refractivity contribution is 9.10. The molecular formula is C11H13BrF3NO3S. The smallest absolute Gasteiger partial charge is 0.390 e. The average Bonchev–Trinajstić information content (AvgIpc) is 2.30. The van der Waals surface area contributed by atoms with E-state index in [0.717, 1.165) is 0 Å². The first kappa shape index (κ1) is 17.4. The minimum Gasteiger partial charge on any atom is -0.392 e. The lowest BCUT2D eigenvalue weighted by atomic mass is 10.1. The van der Waals surface area contributed by atoms with Gasteiger partial charge in [0.2, 0.25) is 10.0 Å². The van der Waals surface area contributed by atoms with Crippen molar-refractivity contribution in [3.63, 3.8) is 0 Å². The number of nitrogens with one attached hydrogen (secondary N) is 1. The molecule has 0 atom stereocenters. The van der Waals surface area contributed by atoms with E-state index in [2.05, 4.69) is 15.9 Å². The van der Waals surface area contributed by atoms with Gasteiger partial charge in [-0.25, -0.2) is 13.1 Å². The van der Waals surface area contributed by atoms with Crippen molar-refractivity contribution in [1.82, 2.24) is 4.72 Å². The minimum atomic E-state index is -4.43. The van der Waals surface area contributed by atoms with Crippen LogP contribution in [0.3, 0.4) is 0 Å². The van der Waals surface area contributed by atoms with Crippen LogP contribution in [0.4, 0.5) is 13.2 Å². The molecule has 2 N–H and O–H groups in total. The first-order valence-corrected chi connectivity index (χ1v) is 7.81. The number of aryl methyl sites for hydroxylation is 1. The van der Waals surface area contributed by atoms with Gasteiger partial charge in [-0.2, -0.15) is 13.2 Å². The molecular weight excluding hydrogens is 363 g/mol. The summed E-state index contributed by atoms with van der Waals surface area (Å²) >= 11 is 3.09. The molecule has 114 valence electrons. The van der Waals surface area contributed by atoms with E-state index in [1.807, 2.05) is 4.72 Å². The zero-order chi connectivity index (χ0) is 15.6. The second-order valence-electron chi connectivity index (χ2n) is 4.15. The van der Waals surface area contributed by atoms with Gasteiger partial charge in [0.05, 0.1) is 17.9 Å². The van der Waals surface area contributed by atoms with Gasteiger partial charge in [0.1, 0.15) is 0 Å². The van der Waals surface area contributed by atoms with E-state index >= 15 is 0 Å². The Labute approximate surface area is 123 Å². The van der Waals surface area contributed by atoms with Crippen LogP contribution in [-0.4, -0.2) is 26.2 Å². The van der Waals surface area contributed by atoms with Crippen LogP contribution in [0.1, 0.15) is 17.5 Å². The molecule has 0 saturated carbocycles. The van der Waals surface area contributed by atoms with Crippen molar-refractivity contribution in [3.8, 4) is 0 Å². The Hall–Kier alpha value is -0.640. The van der Waals surface area contributed by atoms with E-state index in [0.29, 0.717) is 11.1 Å². The van der Waals surface area contributed by atoms with E-state index in [1.165, 1.54) is 6.07 Å². The summed E-state index contributed by atoms with van der Waals surface area (Å²) in [6.07, 6.45) is -5.68. The molecule has 0 radical (unpaired) electrons. The number of hydrogen-bond acceptors (Lipinski definition) is 3. The van der Waals surface area contributed by atoms with Gasteiger partial charge in [0, 0.05) is 11.0 Å². The van der Waals surface area contributed by atoms with Crippen LogP contribution in [0.2, 0.25) is 0 Å². The molecule has 0 fully saturated rings. The molecule has 0 unspecified atom stereocenters. The molecule has 0 bridgehead atoms. The Morgan fingerprint density at radius 1 is 1.35 bits per heavy atom. The van der Waals surface area contributed by atoms with Crippen LogP contribution in [0.25, 0.3) is 0 Å². The van der Waals surface area contributed by atoms with Crippen LogP contribution in [0, 0.1) is 6.92 Å². The summed E-state index contributed by atoms with van der Waals surface area (Å²) in [5, 5.41) is 9.05. The molecule has 1 rings (SSSR count). The molecule has 0 amide bonds. The molecule has 0 spiro atoms. The van der Waals surface area contributed by atoms with Gasteiger partial charge in [0.25, 0.3) is 0 Å². The highest BCUT2D eigenvalue weighted by atomic mass is 79.9. The molecule has 0 aliphatic carbocycles. The molecule has 1 aromatic carbocycles. The molecule has 0 aliphatic heterocycles. The van der Waals surface area contributed by atoms with E-state index in [1.54, 1.807) is 13.0 Å². The first-order valence-electron chi connectivity index (χ1n) is 5.53. The van der Waals surface area contributed by atoms with Crippen LogP contribution < -0.4 is 4.72 Å². The largest absolute Gasteiger partial charge is 0.392 e. The molecule has 4 nitrogen and oxygen atoms in total. The lowest BCUT2D eigenvalue weighted by Gasteiger charge is -2.12. The Bertz CT molecular complexity index is 587. The third-order valence-corrected chi connectivity index (χ3v) is 5.25. The lowest BCUT2D eigenvalue weighted by molar-refractivity contribution is -0.132. The Kier molecular flexibility index (Phi) is 5.59. The maximum Gasteiger partial charge on any atom is 0.390 e. The fraction of sp³-hybridized carbons (Fsp3) is 0.455. The van der Waals surface area contributed by atoms with Crippen LogP contribution in [-0.2, 0) is 16.6 Å². The molecule has 20 heavy (non-hydrogen) atoms. The van der Waals surface area contributed by atoms with Crippen molar-refractivity contribution in [2.75, 3.05) is 6.54 Å². The maximum atomic E-state index is 12.0. The SMILES string of the molecule is Cc1cc(CO)cc(S(=O)(=O)NCCC(F)(F)F)c1Br. The zero-order valence-corrected chi connectivity index (χ0v) is 12.9. The number of hydrogen-bond donors (Lipinski definition) is 2. The van der Waals surface area contributed by atoms with Crippen molar-refractivity contribution >= 4 is 26.0 Å². The Morgan fingerprint density at radius 2 is 1.95 bits per heavy atom. The van der Waals surface area contributed by atoms with Crippen LogP contribution in [0.5, 0.6) is 0 Å². The van der Waals surface area contributed by atoms with Gasteiger partial charge in [0.15, 0.2) is 0 Å². The molecule has 9 heteroatoms. The average molecular weight is 376 g/mol. The van der Waals surface area contributed by atoms with Gasteiger partial charge >= 0.3 is 6.18 Å². The second kappa shape index (κ2) is 6.42. The number of alkyl halides is 3. The summed E-state index contributed by atoms with van der Waals surface area (Å²) in [6.45, 7) is 0.526. The number of aliphatic hydroxyl groups is 1. The Morgan fingerprint density at radius 3 is 2.45 bits per heavy atom. The highest BCUT2D eigenvalue weighted by Gasteiger charge is 2.28. The maximum absolute atomic E-state index is 12.0. The van der Waals surface area contributed by atoms with Crippen molar-refractivity contribution in [1.29, 1.82) is 0 Å².